The van der Waals surface area contributed by atoms with Crippen LogP contribution in [-0.4, -0.2) is 29.6 Å². The van der Waals surface area contributed by atoms with E-state index in [1.807, 2.05) is 103 Å². The highest BCUT2D eigenvalue weighted by molar-refractivity contribution is 5.95. The van der Waals surface area contributed by atoms with Crippen LogP contribution in [0, 0.1) is 5.92 Å². The van der Waals surface area contributed by atoms with E-state index in [0.29, 0.717) is 30.6 Å². The first-order valence-electron chi connectivity index (χ1n) is 13.8. The maximum atomic E-state index is 13.5. The number of rotatable bonds is 12. The molecular weight excluding hydrogens is 510 g/mol. The predicted octanol–water partition coefficient (Wildman–Crippen LogP) is 5.11. The van der Waals surface area contributed by atoms with Gasteiger partial charge in [-0.25, -0.2) is 0 Å². The van der Waals surface area contributed by atoms with E-state index in [0.717, 1.165) is 33.4 Å². The zero-order valence-electron chi connectivity index (χ0n) is 23.3. The molecule has 0 radical (unpaired) electrons. The van der Waals surface area contributed by atoms with Crippen molar-refractivity contribution in [3.05, 3.63) is 138 Å². The second-order valence-corrected chi connectivity index (χ2v) is 10.3. The summed E-state index contributed by atoms with van der Waals surface area (Å²) in [6, 6.07) is 32.9. The van der Waals surface area contributed by atoms with E-state index in [-0.39, 0.29) is 30.4 Å². The van der Waals surface area contributed by atoms with E-state index < -0.39 is 0 Å². The van der Waals surface area contributed by atoms with Crippen molar-refractivity contribution in [2.24, 2.45) is 11.7 Å². The normalized spacial score (nSPS) is 12.2. The molecule has 0 spiro atoms. The van der Waals surface area contributed by atoms with Crippen LogP contribution in [-0.2, 0) is 24.2 Å². The first kappa shape index (κ1) is 29.3. The number of hydrogen-bond acceptors (Lipinski definition) is 4. The second-order valence-electron chi connectivity index (χ2n) is 10.3. The summed E-state index contributed by atoms with van der Waals surface area (Å²) in [7, 11) is 0. The van der Waals surface area contributed by atoms with Gasteiger partial charge in [0.25, 0.3) is 5.91 Å². The van der Waals surface area contributed by atoms with Gasteiger partial charge in [-0.15, -0.1) is 0 Å². The van der Waals surface area contributed by atoms with Crippen LogP contribution in [0.3, 0.4) is 0 Å². The lowest BCUT2D eigenvalue weighted by Crippen LogP contribution is -2.44. The van der Waals surface area contributed by atoms with Crippen molar-refractivity contribution in [3.63, 3.8) is 0 Å². The van der Waals surface area contributed by atoms with Crippen LogP contribution in [0.5, 0.6) is 0 Å². The van der Waals surface area contributed by atoms with Gasteiger partial charge in [0.1, 0.15) is 0 Å². The Balaban J connectivity index is 1.52. The smallest absolute Gasteiger partial charge is 0.251 e. The molecule has 2 unspecified atom stereocenters. The Morgan fingerprint density at radius 2 is 1.46 bits per heavy atom. The fraction of sp³-hybridized carbons (Fsp3) is 0.200. The van der Waals surface area contributed by atoms with E-state index in [1.165, 1.54) is 6.92 Å². The van der Waals surface area contributed by atoms with E-state index in [9.17, 15) is 14.7 Å². The summed E-state index contributed by atoms with van der Waals surface area (Å²) in [5.41, 5.74) is 12.9. The van der Waals surface area contributed by atoms with Crippen molar-refractivity contribution in [1.29, 1.82) is 0 Å². The minimum Gasteiger partial charge on any atom is -0.399 e. The van der Waals surface area contributed by atoms with Crippen LogP contribution in [0.2, 0.25) is 0 Å². The third-order valence-electron chi connectivity index (χ3n) is 7.16. The van der Waals surface area contributed by atoms with Crippen molar-refractivity contribution in [1.82, 2.24) is 10.6 Å². The van der Waals surface area contributed by atoms with Gasteiger partial charge in [-0.3, -0.25) is 9.59 Å². The van der Waals surface area contributed by atoms with Gasteiger partial charge in [-0.2, -0.15) is 0 Å². The minimum atomic E-state index is -0.301. The van der Waals surface area contributed by atoms with Gasteiger partial charge in [0.15, 0.2) is 0 Å². The number of carbonyl (C=O) groups excluding carboxylic acids is 2. The summed E-state index contributed by atoms with van der Waals surface area (Å²) in [5, 5.41) is 16.5. The van der Waals surface area contributed by atoms with Crippen molar-refractivity contribution >= 4 is 17.5 Å². The molecule has 6 heteroatoms. The Labute approximate surface area is 241 Å². The quantitative estimate of drug-likeness (QED) is 0.198. The van der Waals surface area contributed by atoms with Gasteiger partial charge >= 0.3 is 0 Å². The van der Waals surface area contributed by atoms with Crippen LogP contribution in [0.1, 0.15) is 39.5 Å². The van der Waals surface area contributed by atoms with Crippen molar-refractivity contribution in [3.8, 4) is 11.1 Å². The number of benzene rings is 4. The van der Waals surface area contributed by atoms with Gasteiger partial charge in [0.2, 0.25) is 5.91 Å². The number of hydrogen-bond donors (Lipinski definition) is 4. The lowest BCUT2D eigenvalue weighted by atomic mass is 9.88. The Hall–Kier alpha value is -4.68. The molecule has 2 atom stereocenters. The highest BCUT2D eigenvalue weighted by Gasteiger charge is 2.24. The summed E-state index contributed by atoms with van der Waals surface area (Å²) >= 11 is 0. The summed E-state index contributed by atoms with van der Waals surface area (Å²) in [5.74, 6) is -0.486. The second kappa shape index (κ2) is 14.1. The van der Waals surface area contributed by atoms with Gasteiger partial charge in [0, 0.05) is 43.3 Å². The standard InChI is InChI=1S/C35H37N3O3/c1-24(36)31-12-6-10-27(18-31)19-33(23-39)34(21-26-8-4-3-5-9-26)38-35(41)30-16-14-29(15-17-30)32-13-7-11-28(20-32)22-37-25(2)40/h3-18,20,33-34,39H,1,19,21-23,36H2,2H3,(H,37,40)(H,38,41). The largest absolute Gasteiger partial charge is 0.399 e. The SMILES string of the molecule is C=C(N)c1cccc(CC(CO)C(Cc2ccccc2)NC(=O)c2ccc(-c3cccc(CNC(C)=O)c3)cc2)c1. The monoisotopic (exact) mass is 547 g/mol. The predicted molar refractivity (Wildman–Crippen MR) is 165 cm³/mol. The molecular formula is C35H37N3O3. The Bertz CT molecular complexity index is 1480. The molecule has 0 aromatic heterocycles. The molecule has 0 aliphatic carbocycles. The van der Waals surface area contributed by atoms with Crippen molar-refractivity contribution in [2.75, 3.05) is 6.61 Å². The molecule has 4 aromatic carbocycles. The zero-order valence-corrected chi connectivity index (χ0v) is 23.3. The van der Waals surface area contributed by atoms with Gasteiger partial charge in [0.05, 0.1) is 0 Å². The number of aliphatic hydroxyl groups excluding tert-OH is 1. The molecule has 0 saturated heterocycles. The van der Waals surface area contributed by atoms with E-state index in [1.54, 1.807) is 0 Å². The summed E-state index contributed by atoms with van der Waals surface area (Å²) in [6.45, 7) is 5.71. The van der Waals surface area contributed by atoms with Crippen molar-refractivity contribution < 1.29 is 14.7 Å². The lowest BCUT2D eigenvalue weighted by molar-refractivity contribution is -0.119. The number of aliphatic hydroxyl groups is 1. The maximum Gasteiger partial charge on any atom is 0.251 e. The molecule has 0 heterocycles. The molecule has 41 heavy (non-hydrogen) atoms. The zero-order chi connectivity index (χ0) is 29.2. The highest BCUT2D eigenvalue weighted by atomic mass is 16.3. The third-order valence-corrected chi connectivity index (χ3v) is 7.16. The molecule has 0 saturated carbocycles. The molecule has 0 aliphatic heterocycles. The van der Waals surface area contributed by atoms with Gasteiger partial charge < -0.3 is 21.5 Å². The number of carbonyl (C=O) groups is 2. The average molecular weight is 548 g/mol. The maximum absolute atomic E-state index is 13.5. The minimum absolute atomic E-state index is 0.0743. The topological polar surface area (TPSA) is 104 Å². The molecule has 4 rings (SSSR count). The Kier molecular flexibility index (Phi) is 10.1. The first-order chi connectivity index (χ1) is 19.8. The Morgan fingerprint density at radius 3 is 2.15 bits per heavy atom. The molecule has 0 fully saturated rings. The number of nitrogens with one attached hydrogen (secondary N) is 2. The third kappa shape index (κ3) is 8.40. The summed E-state index contributed by atoms with van der Waals surface area (Å²) in [6.07, 6.45) is 1.16. The van der Waals surface area contributed by atoms with E-state index in [4.69, 9.17) is 5.73 Å². The van der Waals surface area contributed by atoms with E-state index in [2.05, 4.69) is 17.2 Å². The molecule has 210 valence electrons. The molecule has 0 bridgehead atoms. The highest BCUT2D eigenvalue weighted by Crippen LogP contribution is 2.23. The molecule has 2 amide bonds. The summed E-state index contributed by atoms with van der Waals surface area (Å²) < 4.78 is 0. The first-order valence-corrected chi connectivity index (χ1v) is 13.8. The van der Waals surface area contributed by atoms with Crippen molar-refractivity contribution in [2.45, 2.75) is 32.4 Å². The van der Waals surface area contributed by atoms with Crippen LogP contribution in [0.4, 0.5) is 0 Å². The van der Waals surface area contributed by atoms with Crippen LogP contribution in [0.15, 0.2) is 110 Å². The molecule has 4 aromatic rings. The van der Waals surface area contributed by atoms with Crippen LogP contribution < -0.4 is 16.4 Å². The fourth-order valence-electron chi connectivity index (χ4n) is 4.89. The molecule has 0 aliphatic rings. The molecule has 5 N–H and O–H groups in total. The molecule has 6 nitrogen and oxygen atoms in total. The average Bonchev–Trinajstić information content (AvgIpc) is 2.99. The number of amides is 2. The van der Waals surface area contributed by atoms with E-state index >= 15 is 0 Å². The van der Waals surface area contributed by atoms with Gasteiger partial charge in [-0.05, 0) is 70.5 Å². The summed E-state index contributed by atoms with van der Waals surface area (Å²) in [4.78, 5) is 24.7. The van der Waals surface area contributed by atoms with Crippen LogP contribution in [0.25, 0.3) is 16.8 Å². The van der Waals surface area contributed by atoms with Crippen LogP contribution >= 0.6 is 0 Å². The lowest BCUT2D eigenvalue weighted by Gasteiger charge is -2.27. The van der Waals surface area contributed by atoms with Gasteiger partial charge in [-0.1, -0.05) is 85.4 Å². The fourth-order valence-corrected chi connectivity index (χ4v) is 4.89. The Morgan fingerprint density at radius 1 is 0.780 bits per heavy atom. The number of nitrogens with two attached hydrogens (primary N) is 1.